The molecular formula is C25H19Cl2N5O5. The Bertz CT molecular complexity index is 1500. The van der Waals surface area contributed by atoms with E-state index in [0.717, 1.165) is 5.56 Å². The molecule has 2 heterocycles. The maximum atomic E-state index is 12.6. The van der Waals surface area contributed by atoms with Crippen LogP contribution in [0, 0.1) is 0 Å². The number of pyridine rings is 2. The number of benzene rings is 1. The first kappa shape index (κ1) is 25.8. The van der Waals surface area contributed by atoms with Crippen LogP contribution in [0.1, 0.15) is 33.9 Å². The molecule has 12 heteroatoms. The van der Waals surface area contributed by atoms with Gasteiger partial charge in [-0.2, -0.15) is 0 Å². The van der Waals surface area contributed by atoms with Gasteiger partial charge in [0.1, 0.15) is 11.4 Å². The summed E-state index contributed by atoms with van der Waals surface area (Å²) in [6, 6.07) is 9.05. The molecule has 2 aromatic heterocycles. The Balaban J connectivity index is 1.50. The number of nitrogens with zero attached hydrogens (tertiary/aromatic N) is 2. The zero-order valence-corrected chi connectivity index (χ0v) is 20.5. The van der Waals surface area contributed by atoms with Crippen molar-refractivity contribution in [2.75, 3.05) is 16.0 Å². The highest BCUT2D eigenvalue weighted by Gasteiger charge is 2.25. The van der Waals surface area contributed by atoms with Crippen molar-refractivity contribution in [1.29, 1.82) is 0 Å². The molecule has 0 aliphatic rings. The van der Waals surface area contributed by atoms with Crippen LogP contribution >= 0.6 is 23.2 Å². The van der Waals surface area contributed by atoms with Crippen LogP contribution in [0.3, 0.4) is 0 Å². The van der Waals surface area contributed by atoms with E-state index in [1.165, 1.54) is 12.4 Å². The van der Waals surface area contributed by atoms with E-state index in [-0.39, 0.29) is 39.9 Å². The van der Waals surface area contributed by atoms with Crippen molar-refractivity contribution in [2.45, 2.75) is 19.0 Å². The second-order valence-corrected chi connectivity index (χ2v) is 8.79. The van der Waals surface area contributed by atoms with E-state index in [1.54, 1.807) is 42.7 Å². The Morgan fingerprint density at radius 1 is 0.919 bits per heavy atom. The van der Waals surface area contributed by atoms with Crippen LogP contribution in [0.4, 0.5) is 17.1 Å². The molecule has 1 atom stereocenters. The molecule has 0 radical (unpaired) electrons. The zero-order chi connectivity index (χ0) is 26.5. The van der Waals surface area contributed by atoms with Crippen LogP contribution in [0.5, 0.6) is 0 Å². The van der Waals surface area contributed by atoms with Gasteiger partial charge in [-0.05, 0) is 29.3 Å². The minimum absolute atomic E-state index is 0.0134. The molecule has 4 aromatic rings. The monoisotopic (exact) mass is 539 g/mol. The molecule has 2 aromatic carbocycles. The summed E-state index contributed by atoms with van der Waals surface area (Å²) in [4.78, 5) is 56.3. The summed E-state index contributed by atoms with van der Waals surface area (Å²) in [7, 11) is 0. The molecular weight excluding hydrogens is 521 g/mol. The van der Waals surface area contributed by atoms with Gasteiger partial charge in [0.15, 0.2) is 0 Å². The largest absolute Gasteiger partial charge is 0.481 e. The average molecular weight is 540 g/mol. The van der Waals surface area contributed by atoms with Gasteiger partial charge in [0.2, 0.25) is 0 Å². The smallest absolute Gasteiger partial charge is 0.305 e. The summed E-state index contributed by atoms with van der Waals surface area (Å²) in [5.74, 6) is -1.65. The maximum absolute atomic E-state index is 12.6. The number of nitrogens with one attached hydrogen (secondary N) is 3. The van der Waals surface area contributed by atoms with E-state index in [1.807, 2.05) is 6.07 Å². The number of carbonyl (C=O) groups is 2. The summed E-state index contributed by atoms with van der Waals surface area (Å²) in [6.45, 7) is 0.261. The van der Waals surface area contributed by atoms with E-state index in [0.29, 0.717) is 11.3 Å². The summed E-state index contributed by atoms with van der Waals surface area (Å²) in [5.41, 5.74) is 0.464. The Hall–Kier alpha value is -4.28. The van der Waals surface area contributed by atoms with E-state index in [4.69, 9.17) is 23.2 Å². The lowest BCUT2D eigenvalue weighted by Gasteiger charge is -2.22. The van der Waals surface area contributed by atoms with E-state index >= 15 is 0 Å². The van der Waals surface area contributed by atoms with Crippen molar-refractivity contribution in [2.24, 2.45) is 0 Å². The minimum atomic E-state index is -1.11. The SMILES string of the molecule is O=C(O)C[C@H](Nc1c(NCc2cccnc2)c(=O)c1=O)c1ccc(NC(=O)c2c(Cl)cncc2Cl)cc1. The Labute approximate surface area is 220 Å². The third-order valence-electron chi connectivity index (χ3n) is 5.45. The number of halogens is 2. The van der Waals surface area contributed by atoms with Gasteiger partial charge < -0.3 is 21.1 Å². The molecule has 1 amide bonds. The van der Waals surface area contributed by atoms with E-state index in [9.17, 15) is 24.3 Å². The number of hydrogen-bond acceptors (Lipinski definition) is 8. The Kier molecular flexibility index (Phi) is 7.80. The third kappa shape index (κ3) is 5.93. The molecule has 4 N–H and O–H groups in total. The molecule has 0 aliphatic heterocycles. The van der Waals surface area contributed by atoms with Crippen LogP contribution < -0.4 is 26.8 Å². The number of rotatable bonds is 10. The lowest BCUT2D eigenvalue weighted by molar-refractivity contribution is -0.137. The van der Waals surface area contributed by atoms with E-state index in [2.05, 4.69) is 25.9 Å². The fraction of sp³-hybridized carbons (Fsp3) is 0.120. The first-order chi connectivity index (χ1) is 17.7. The van der Waals surface area contributed by atoms with Crippen molar-refractivity contribution < 1.29 is 14.7 Å². The molecule has 0 saturated heterocycles. The van der Waals surface area contributed by atoms with Crippen LogP contribution in [-0.2, 0) is 11.3 Å². The predicted octanol–water partition coefficient (Wildman–Crippen LogP) is 3.87. The standard InChI is InChI=1S/C25H19Cl2N5O5/c26-16-11-29-12-17(27)20(16)25(37)31-15-5-3-14(4-6-15)18(8-19(33)34)32-22-21(23(35)24(22)36)30-10-13-2-1-7-28-9-13/h1-7,9,11-12,18,30,32H,8,10H2,(H,31,37)(H,33,34)/t18-/m0/s1. The van der Waals surface area contributed by atoms with Crippen LogP contribution in [-0.4, -0.2) is 27.0 Å². The molecule has 0 bridgehead atoms. The number of carboxylic acids is 1. The molecule has 188 valence electrons. The molecule has 4 rings (SSSR count). The predicted molar refractivity (Wildman–Crippen MR) is 140 cm³/mol. The second kappa shape index (κ2) is 11.2. The first-order valence-electron chi connectivity index (χ1n) is 10.9. The fourth-order valence-corrected chi connectivity index (χ4v) is 4.15. The number of carbonyl (C=O) groups excluding carboxylic acids is 1. The zero-order valence-electron chi connectivity index (χ0n) is 19.0. The van der Waals surface area contributed by atoms with Gasteiger partial charge in [-0.1, -0.05) is 41.4 Å². The number of hydrogen-bond donors (Lipinski definition) is 4. The van der Waals surface area contributed by atoms with Gasteiger partial charge in [-0.3, -0.25) is 29.1 Å². The molecule has 0 saturated carbocycles. The molecule has 10 nitrogen and oxygen atoms in total. The summed E-state index contributed by atoms with van der Waals surface area (Å²) < 4.78 is 0. The fourth-order valence-electron chi connectivity index (χ4n) is 3.61. The lowest BCUT2D eigenvalue weighted by Crippen LogP contribution is -2.38. The molecule has 0 spiro atoms. The number of anilines is 3. The first-order valence-corrected chi connectivity index (χ1v) is 11.6. The lowest BCUT2D eigenvalue weighted by atomic mass is 10.0. The van der Waals surface area contributed by atoms with Crippen molar-refractivity contribution in [3.8, 4) is 0 Å². The molecule has 0 unspecified atom stereocenters. The molecule has 37 heavy (non-hydrogen) atoms. The topological polar surface area (TPSA) is 150 Å². The van der Waals surface area contributed by atoms with Crippen molar-refractivity contribution in [3.05, 3.63) is 108 Å². The number of amides is 1. The van der Waals surface area contributed by atoms with Crippen LogP contribution in [0.2, 0.25) is 10.0 Å². The molecule has 0 fully saturated rings. The summed E-state index contributed by atoms with van der Waals surface area (Å²) in [5, 5.41) is 18.1. The second-order valence-electron chi connectivity index (χ2n) is 7.97. The highest BCUT2D eigenvalue weighted by molar-refractivity contribution is 6.40. The van der Waals surface area contributed by atoms with Crippen LogP contribution in [0.25, 0.3) is 0 Å². The summed E-state index contributed by atoms with van der Waals surface area (Å²) >= 11 is 12.1. The van der Waals surface area contributed by atoms with E-state index < -0.39 is 28.8 Å². The highest BCUT2D eigenvalue weighted by atomic mass is 35.5. The van der Waals surface area contributed by atoms with Gasteiger partial charge in [0.25, 0.3) is 16.8 Å². The Morgan fingerprint density at radius 2 is 1.59 bits per heavy atom. The van der Waals surface area contributed by atoms with Gasteiger partial charge in [0, 0.05) is 37.0 Å². The maximum Gasteiger partial charge on any atom is 0.305 e. The Morgan fingerprint density at radius 3 is 2.22 bits per heavy atom. The van der Waals surface area contributed by atoms with Crippen LogP contribution in [0.15, 0.2) is 70.8 Å². The minimum Gasteiger partial charge on any atom is -0.481 e. The highest BCUT2D eigenvalue weighted by Crippen LogP contribution is 2.28. The summed E-state index contributed by atoms with van der Waals surface area (Å²) in [6.07, 6.45) is 5.47. The molecule has 0 aliphatic carbocycles. The van der Waals surface area contributed by atoms with Crippen molar-refractivity contribution >= 4 is 52.1 Å². The van der Waals surface area contributed by atoms with Crippen molar-refractivity contribution in [1.82, 2.24) is 9.97 Å². The van der Waals surface area contributed by atoms with Crippen molar-refractivity contribution in [3.63, 3.8) is 0 Å². The number of aromatic nitrogens is 2. The van der Waals surface area contributed by atoms with Gasteiger partial charge in [-0.25, -0.2) is 0 Å². The van der Waals surface area contributed by atoms with Gasteiger partial charge in [-0.15, -0.1) is 0 Å². The number of carboxylic acid groups (broad SMARTS) is 1. The quantitative estimate of drug-likeness (QED) is 0.220. The average Bonchev–Trinajstić information content (AvgIpc) is 2.88. The third-order valence-corrected chi connectivity index (χ3v) is 6.02. The number of aliphatic carboxylic acids is 1. The normalized spacial score (nSPS) is 11.6. The van der Waals surface area contributed by atoms with Gasteiger partial charge >= 0.3 is 5.97 Å². The van der Waals surface area contributed by atoms with Gasteiger partial charge in [0.05, 0.1) is 28.1 Å².